The number of ether oxygens (including phenoxy) is 1. The van der Waals surface area contributed by atoms with Crippen LogP contribution in [0.15, 0.2) is 84.7 Å². The van der Waals surface area contributed by atoms with Gasteiger partial charge < -0.3 is 25.2 Å². The van der Waals surface area contributed by atoms with Crippen molar-refractivity contribution in [1.82, 2.24) is 20.2 Å². The maximum absolute atomic E-state index is 13.2. The average Bonchev–Trinajstić information content (AvgIpc) is 2.99. The van der Waals surface area contributed by atoms with Gasteiger partial charge in [-0.25, -0.2) is 9.78 Å². The van der Waals surface area contributed by atoms with E-state index in [1.54, 1.807) is 18.3 Å². The molecule has 2 N–H and O–H groups in total. The SMILES string of the molecule is C=C/C=C(CC)\C(=C/CC(C)(C)C)NC(=O)Nc1ccc(Oc2ccnc(N(C)CCN(C)C)n2)c2ccccc12.CC. The first-order valence-electron chi connectivity index (χ1n) is 15.0. The number of aromatic nitrogens is 2. The summed E-state index contributed by atoms with van der Waals surface area (Å²) in [5, 5.41) is 7.82. The molecule has 0 aliphatic rings. The number of carbonyl (C=O) groups excluding carboxylic acids is 1. The second-order valence-electron chi connectivity index (χ2n) is 11.4. The van der Waals surface area contributed by atoms with Crippen LogP contribution in [-0.2, 0) is 0 Å². The van der Waals surface area contributed by atoms with Gasteiger partial charge in [0.15, 0.2) is 0 Å². The van der Waals surface area contributed by atoms with Crippen LogP contribution in [0.4, 0.5) is 16.4 Å². The molecule has 0 saturated heterocycles. The van der Waals surface area contributed by atoms with E-state index < -0.39 is 0 Å². The van der Waals surface area contributed by atoms with Crippen molar-refractivity contribution < 1.29 is 9.53 Å². The van der Waals surface area contributed by atoms with Gasteiger partial charge in [0.2, 0.25) is 11.8 Å². The fourth-order valence-corrected chi connectivity index (χ4v) is 4.09. The summed E-state index contributed by atoms with van der Waals surface area (Å²) in [6.07, 6.45) is 9.06. The summed E-state index contributed by atoms with van der Waals surface area (Å²) in [5.41, 5.74) is 2.58. The van der Waals surface area contributed by atoms with Crippen LogP contribution in [0.1, 0.15) is 54.4 Å². The van der Waals surface area contributed by atoms with Crippen LogP contribution in [0.3, 0.4) is 0 Å². The lowest BCUT2D eigenvalue weighted by atomic mass is 9.91. The second kappa shape index (κ2) is 17.1. The first-order chi connectivity index (χ1) is 20.5. The van der Waals surface area contributed by atoms with Gasteiger partial charge in [0.05, 0.1) is 5.69 Å². The fourth-order valence-electron chi connectivity index (χ4n) is 4.09. The van der Waals surface area contributed by atoms with Crippen molar-refractivity contribution in [3.05, 3.63) is 84.7 Å². The van der Waals surface area contributed by atoms with Crippen LogP contribution in [-0.4, -0.2) is 55.1 Å². The number of hydrogen-bond donors (Lipinski definition) is 2. The number of carbonyl (C=O) groups is 1. The summed E-state index contributed by atoms with van der Waals surface area (Å²) in [6.45, 7) is 18.1. The third kappa shape index (κ3) is 11.2. The lowest BCUT2D eigenvalue weighted by Gasteiger charge is -2.20. The highest BCUT2D eigenvalue weighted by Crippen LogP contribution is 2.34. The molecule has 0 bridgehead atoms. The zero-order chi connectivity index (χ0) is 32.0. The molecule has 0 aliphatic heterocycles. The van der Waals surface area contributed by atoms with Crippen molar-refractivity contribution in [2.24, 2.45) is 5.41 Å². The van der Waals surface area contributed by atoms with Crippen molar-refractivity contribution in [2.75, 3.05) is 44.4 Å². The van der Waals surface area contributed by atoms with E-state index in [1.165, 1.54) is 0 Å². The van der Waals surface area contributed by atoms with Crippen LogP contribution in [0, 0.1) is 5.41 Å². The molecule has 3 aromatic rings. The van der Waals surface area contributed by atoms with Gasteiger partial charge in [0.25, 0.3) is 0 Å². The van der Waals surface area contributed by atoms with Gasteiger partial charge in [-0.1, -0.05) is 90.6 Å². The minimum atomic E-state index is -0.311. The smallest absolute Gasteiger partial charge is 0.323 e. The maximum atomic E-state index is 13.2. The van der Waals surface area contributed by atoms with E-state index in [-0.39, 0.29) is 11.4 Å². The summed E-state index contributed by atoms with van der Waals surface area (Å²) in [6, 6.07) is 12.9. The minimum absolute atomic E-state index is 0.0918. The lowest BCUT2D eigenvalue weighted by Crippen LogP contribution is -2.29. The first-order valence-corrected chi connectivity index (χ1v) is 15.0. The molecule has 0 spiro atoms. The average molecular weight is 587 g/mol. The van der Waals surface area contributed by atoms with Gasteiger partial charge in [0.1, 0.15) is 5.75 Å². The number of nitrogens with one attached hydrogen (secondary N) is 2. The molecule has 2 aromatic carbocycles. The molecule has 0 fully saturated rings. The number of likely N-dealkylation sites (N-methyl/N-ethyl adjacent to an activating group) is 2. The Bertz CT molecular complexity index is 1400. The quantitative estimate of drug-likeness (QED) is 0.207. The van der Waals surface area contributed by atoms with Gasteiger partial charge in [-0.2, -0.15) is 4.98 Å². The molecule has 232 valence electrons. The number of nitrogens with zero attached hydrogens (tertiary/aromatic N) is 4. The predicted octanol–water partition coefficient (Wildman–Crippen LogP) is 8.41. The van der Waals surface area contributed by atoms with E-state index >= 15 is 0 Å². The topological polar surface area (TPSA) is 82.6 Å². The molecule has 0 saturated carbocycles. The molecule has 8 heteroatoms. The monoisotopic (exact) mass is 586 g/mol. The van der Waals surface area contributed by atoms with Crippen molar-refractivity contribution in [3.63, 3.8) is 0 Å². The number of allylic oxidation sites excluding steroid dienone is 4. The molecule has 3 rings (SSSR count). The zero-order valence-corrected chi connectivity index (χ0v) is 27.5. The summed E-state index contributed by atoms with van der Waals surface area (Å²) in [4.78, 5) is 26.3. The largest absolute Gasteiger partial charge is 0.438 e. The third-order valence-corrected chi connectivity index (χ3v) is 6.40. The van der Waals surface area contributed by atoms with Crippen molar-refractivity contribution in [3.8, 4) is 11.6 Å². The molecule has 1 aromatic heterocycles. The molecular formula is C35H50N6O2. The summed E-state index contributed by atoms with van der Waals surface area (Å²) < 4.78 is 6.23. The third-order valence-electron chi connectivity index (χ3n) is 6.40. The Morgan fingerprint density at radius 2 is 1.72 bits per heavy atom. The molecule has 43 heavy (non-hydrogen) atoms. The van der Waals surface area contributed by atoms with Crippen LogP contribution < -0.4 is 20.3 Å². The second-order valence-corrected chi connectivity index (χ2v) is 11.4. The van der Waals surface area contributed by atoms with Crippen LogP contribution >= 0.6 is 0 Å². The van der Waals surface area contributed by atoms with Gasteiger partial charge in [-0.15, -0.1) is 0 Å². The lowest BCUT2D eigenvalue weighted by molar-refractivity contribution is 0.254. The highest BCUT2D eigenvalue weighted by atomic mass is 16.5. The number of amides is 2. The Morgan fingerprint density at radius 3 is 2.35 bits per heavy atom. The minimum Gasteiger partial charge on any atom is -0.438 e. The summed E-state index contributed by atoms with van der Waals surface area (Å²) in [7, 11) is 6.03. The molecular weight excluding hydrogens is 536 g/mol. The van der Waals surface area contributed by atoms with Crippen molar-refractivity contribution in [1.29, 1.82) is 0 Å². The Balaban J connectivity index is 0.00000316. The van der Waals surface area contributed by atoms with Gasteiger partial charge in [-0.3, -0.25) is 0 Å². The van der Waals surface area contributed by atoms with Gasteiger partial charge in [-0.05, 0) is 50.1 Å². The molecule has 1 heterocycles. The van der Waals surface area contributed by atoms with Crippen LogP contribution in [0.5, 0.6) is 11.6 Å². The van der Waals surface area contributed by atoms with Crippen LogP contribution in [0.25, 0.3) is 10.8 Å². The fraction of sp³-hybridized carbons (Fsp3) is 0.400. The molecule has 0 atom stereocenters. The highest BCUT2D eigenvalue weighted by Gasteiger charge is 2.15. The summed E-state index contributed by atoms with van der Waals surface area (Å²) >= 11 is 0. The Hall–Kier alpha value is -4.17. The Morgan fingerprint density at radius 1 is 1.02 bits per heavy atom. The van der Waals surface area contributed by atoms with E-state index in [0.29, 0.717) is 23.3 Å². The zero-order valence-electron chi connectivity index (χ0n) is 27.5. The van der Waals surface area contributed by atoms with E-state index in [9.17, 15) is 4.79 Å². The molecule has 8 nitrogen and oxygen atoms in total. The normalized spacial score (nSPS) is 12.0. The number of benzene rings is 2. The molecule has 0 radical (unpaired) electrons. The highest BCUT2D eigenvalue weighted by molar-refractivity contribution is 6.04. The summed E-state index contributed by atoms with van der Waals surface area (Å²) in [5.74, 6) is 1.68. The maximum Gasteiger partial charge on any atom is 0.323 e. The van der Waals surface area contributed by atoms with Gasteiger partial charge in [0, 0.05) is 48.9 Å². The van der Waals surface area contributed by atoms with Gasteiger partial charge >= 0.3 is 6.03 Å². The number of urea groups is 1. The van der Waals surface area contributed by atoms with E-state index in [4.69, 9.17) is 4.74 Å². The Kier molecular flexibility index (Phi) is 13.9. The van der Waals surface area contributed by atoms with E-state index in [2.05, 4.69) is 65.9 Å². The predicted molar refractivity (Wildman–Crippen MR) is 182 cm³/mol. The van der Waals surface area contributed by atoms with Crippen molar-refractivity contribution in [2.45, 2.75) is 54.4 Å². The number of fused-ring (bicyclic) bond motifs is 1. The number of hydrogen-bond acceptors (Lipinski definition) is 6. The molecule has 0 unspecified atom stereocenters. The first kappa shape index (κ1) is 35.0. The standard InChI is InChI=1S/C33H44N6O2.C2H6/c1-9-13-24(10-2)27(18-20-33(3,4)5)35-32(40)36-28-16-17-29(26-15-12-11-14-25(26)28)41-30-19-21-34-31(37-30)39(8)23-22-38(6)7;1-2/h9,11-19,21H,1,10,20,22-23H2,2-8H3,(H2,35,36,40);1-2H3/b24-13-,27-18+;. The van der Waals surface area contributed by atoms with E-state index in [0.717, 1.165) is 48.0 Å². The molecule has 2 amide bonds. The Labute approximate surface area is 258 Å². The molecule has 0 aliphatic carbocycles. The van der Waals surface area contributed by atoms with Crippen LogP contribution in [0.2, 0.25) is 0 Å². The van der Waals surface area contributed by atoms with Crippen molar-refractivity contribution >= 4 is 28.4 Å². The van der Waals surface area contributed by atoms with E-state index in [1.807, 2.05) is 82.4 Å². The number of rotatable bonds is 12. The number of anilines is 2.